The molecule has 48 heavy (non-hydrogen) atoms. The smallest absolute Gasteiger partial charge is 0.357 e. The predicted molar refractivity (Wildman–Crippen MR) is 178 cm³/mol. The minimum atomic E-state index is -4.01. The summed E-state index contributed by atoms with van der Waals surface area (Å²) in [5, 5.41) is 0. The lowest BCUT2D eigenvalue weighted by molar-refractivity contribution is 0.0443. The second kappa shape index (κ2) is 16.5. The van der Waals surface area contributed by atoms with Crippen LogP contribution in [0.2, 0.25) is 0 Å². The molecule has 0 spiro atoms. The molecular weight excluding hydrogens is 640 g/mol. The van der Waals surface area contributed by atoms with Crippen LogP contribution in [0, 0.1) is 6.92 Å². The van der Waals surface area contributed by atoms with Crippen molar-refractivity contribution in [2.45, 2.75) is 45.4 Å². The summed E-state index contributed by atoms with van der Waals surface area (Å²) in [4.78, 5) is 53.0. The number of carbonyl (C=O) groups excluding carboxylic acids is 4. The van der Waals surface area contributed by atoms with Gasteiger partial charge in [-0.1, -0.05) is 31.5 Å². The van der Waals surface area contributed by atoms with Crippen molar-refractivity contribution >= 4 is 34.2 Å². The first kappa shape index (κ1) is 36.3. The highest BCUT2D eigenvalue weighted by Gasteiger charge is 2.31. The molecule has 258 valence electrons. The van der Waals surface area contributed by atoms with Gasteiger partial charge in [0.25, 0.3) is 5.91 Å². The highest BCUT2D eigenvalue weighted by molar-refractivity contribution is 7.89. The molecule has 0 saturated carbocycles. The zero-order chi connectivity index (χ0) is 34.8. The highest BCUT2D eigenvalue weighted by Crippen LogP contribution is 2.28. The van der Waals surface area contributed by atoms with E-state index in [1.165, 1.54) is 27.2 Å². The van der Waals surface area contributed by atoms with Crippen LogP contribution in [0.1, 0.15) is 80.0 Å². The summed E-state index contributed by atoms with van der Waals surface area (Å²) >= 11 is 0. The van der Waals surface area contributed by atoms with Gasteiger partial charge in [-0.3, -0.25) is 19.9 Å². The first-order valence-electron chi connectivity index (χ1n) is 16.0. The van der Waals surface area contributed by atoms with E-state index in [4.69, 9.17) is 14.2 Å². The van der Waals surface area contributed by atoms with Crippen molar-refractivity contribution < 1.29 is 41.8 Å². The molecule has 1 aromatic heterocycles. The highest BCUT2D eigenvalue weighted by atomic mass is 32.2. The van der Waals surface area contributed by atoms with Gasteiger partial charge in [0, 0.05) is 38.3 Å². The molecule has 1 saturated heterocycles. The average molecular weight is 683 g/mol. The Morgan fingerprint density at radius 3 is 2.25 bits per heavy atom. The van der Waals surface area contributed by atoms with Gasteiger partial charge in [-0.15, -0.1) is 0 Å². The van der Waals surface area contributed by atoms with Gasteiger partial charge in [-0.25, -0.2) is 22.7 Å². The van der Waals surface area contributed by atoms with Crippen LogP contribution in [0.5, 0.6) is 5.75 Å². The van der Waals surface area contributed by atoms with E-state index < -0.39 is 27.9 Å². The minimum absolute atomic E-state index is 0.00480. The summed E-state index contributed by atoms with van der Waals surface area (Å²) in [6.07, 6.45) is 1.64. The van der Waals surface area contributed by atoms with E-state index in [-0.39, 0.29) is 60.4 Å². The fourth-order valence-corrected chi connectivity index (χ4v) is 6.98. The Kier molecular flexibility index (Phi) is 12.5. The van der Waals surface area contributed by atoms with Crippen LogP contribution >= 0.6 is 0 Å². The SMILES string of the molecule is CCCc1c(C=O)c(C)c(C(=O)OCC)n1NC(=O)c1cc(S(=O)(=O)N2CCN(CCOC(=O)c3ccccc3)CC2)ccc1OCC. The quantitative estimate of drug-likeness (QED) is 0.186. The molecule has 4 rings (SSSR count). The van der Waals surface area contributed by atoms with Gasteiger partial charge in [0.15, 0.2) is 12.0 Å². The molecule has 1 amide bonds. The van der Waals surface area contributed by atoms with Crippen molar-refractivity contribution in [3.63, 3.8) is 0 Å². The van der Waals surface area contributed by atoms with Crippen molar-refractivity contribution in [1.29, 1.82) is 0 Å². The normalized spacial score (nSPS) is 13.9. The molecule has 13 nitrogen and oxygen atoms in total. The third kappa shape index (κ3) is 8.12. The van der Waals surface area contributed by atoms with E-state index in [1.54, 1.807) is 45.0 Å². The maximum absolute atomic E-state index is 13.8. The van der Waals surface area contributed by atoms with E-state index in [0.717, 1.165) is 0 Å². The number of amides is 1. The lowest BCUT2D eigenvalue weighted by Crippen LogP contribution is -2.49. The second-order valence-corrected chi connectivity index (χ2v) is 13.0. The summed E-state index contributed by atoms with van der Waals surface area (Å²) in [6, 6.07) is 12.8. The summed E-state index contributed by atoms with van der Waals surface area (Å²) in [5.74, 6) is -1.71. The Balaban J connectivity index is 1.52. The Labute approximate surface area is 280 Å². The first-order chi connectivity index (χ1) is 23.1. The molecule has 2 aromatic carbocycles. The Morgan fingerprint density at radius 1 is 0.917 bits per heavy atom. The molecule has 0 atom stereocenters. The number of aromatic nitrogens is 1. The van der Waals surface area contributed by atoms with Gasteiger partial charge in [-0.2, -0.15) is 4.31 Å². The number of piperazine rings is 1. The molecule has 1 N–H and O–H groups in total. The van der Waals surface area contributed by atoms with Gasteiger partial charge in [-0.05, 0) is 63.1 Å². The predicted octanol–water partition coefficient (Wildman–Crippen LogP) is 3.68. The maximum Gasteiger partial charge on any atom is 0.357 e. The zero-order valence-corrected chi connectivity index (χ0v) is 28.5. The van der Waals surface area contributed by atoms with E-state index >= 15 is 0 Å². The number of benzene rings is 2. The third-order valence-corrected chi connectivity index (χ3v) is 9.86. The van der Waals surface area contributed by atoms with Crippen molar-refractivity contribution in [2.75, 3.05) is 58.0 Å². The molecule has 0 bridgehead atoms. The van der Waals surface area contributed by atoms with Crippen LogP contribution in [0.15, 0.2) is 53.4 Å². The molecule has 1 fully saturated rings. The fraction of sp³-hybridized carbons (Fsp3) is 0.412. The summed E-state index contributed by atoms with van der Waals surface area (Å²) < 4.78 is 46.4. The van der Waals surface area contributed by atoms with Crippen LogP contribution in [0.3, 0.4) is 0 Å². The van der Waals surface area contributed by atoms with Gasteiger partial charge < -0.3 is 14.2 Å². The van der Waals surface area contributed by atoms with Gasteiger partial charge in [0.1, 0.15) is 12.4 Å². The van der Waals surface area contributed by atoms with Crippen molar-refractivity contribution in [2.24, 2.45) is 0 Å². The largest absolute Gasteiger partial charge is 0.493 e. The summed E-state index contributed by atoms with van der Waals surface area (Å²) in [7, 11) is -4.01. The monoisotopic (exact) mass is 682 g/mol. The van der Waals surface area contributed by atoms with Crippen LogP contribution in [-0.2, 0) is 25.9 Å². The molecule has 0 aliphatic carbocycles. The first-order valence-corrected chi connectivity index (χ1v) is 17.4. The number of sulfonamides is 1. The minimum Gasteiger partial charge on any atom is -0.493 e. The van der Waals surface area contributed by atoms with Gasteiger partial charge in [0.05, 0.1) is 34.9 Å². The van der Waals surface area contributed by atoms with Crippen molar-refractivity contribution in [1.82, 2.24) is 13.9 Å². The van der Waals surface area contributed by atoms with Crippen LogP contribution in [-0.4, -0.2) is 99.0 Å². The molecule has 1 aliphatic rings. The number of esters is 2. The standard InChI is InChI=1S/C34H42N4O9S/c1-5-11-29-28(23-39)24(4)31(34(42)46-7-3)38(29)35-32(40)27-22-26(14-15-30(27)45-6-2)48(43,44)37-18-16-36(17-19-37)20-21-47-33(41)25-12-9-8-10-13-25/h8-10,12-15,22-23H,5-7,11,16-21H2,1-4H3,(H,35,40). The Bertz CT molecular complexity index is 1730. The number of aldehydes is 1. The Morgan fingerprint density at radius 2 is 1.62 bits per heavy atom. The molecule has 14 heteroatoms. The van der Waals surface area contributed by atoms with E-state index in [2.05, 4.69) is 5.43 Å². The molecular formula is C34H42N4O9S. The van der Waals surface area contributed by atoms with Gasteiger partial charge in [0.2, 0.25) is 10.0 Å². The number of nitrogens with one attached hydrogen (secondary N) is 1. The third-order valence-electron chi connectivity index (χ3n) is 7.97. The molecule has 0 radical (unpaired) electrons. The average Bonchev–Trinajstić information content (AvgIpc) is 3.34. The van der Waals surface area contributed by atoms with Crippen molar-refractivity contribution in [3.05, 3.63) is 82.2 Å². The zero-order valence-electron chi connectivity index (χ0n) is 27.7. The topological polar surface area (TPSA) is 154 Å². The number of nitrogens with zero attached hydrogens (tertiary/aromatic N) is 3. The lowest BCUT2D eigenvalue weighted by Gasteiger charge is -2.33. The fourth-order valence-electron chi connectivity index (χ4n) is 5.53. The second-order valence-electron chi connectivity index (χ2n) is 11.0. The lowest BCUT2D eigenvalue weighted by atomic mass is 10.1. The number of ether oxygens (including phenoxy) is 3. The molecule has 0 unspecified atom stereocenters. The Hall–Kier alpha value is -4.53. The number of hydrogen-bond donors (Lipinski definition) is 1. The van der Waals surface area contributed by atoms with Crippen molar-refractivity contribution in [3.8, 4) is 5.75 Å². The van der Waals surface area contributed by atoms with Gasteiger partial charge >= 0.3 is 11.9 Å². The van der Waals surface area contributed by atoms with Crippen LogP contribution < -0.4 is 10.2 Å². The number of carbonyl (C=O) groups is 4. The summed E-state index contributed by atoms with van der Waals surface area (Å²) in [5.41, 5.74) is 4.17. The summed E-state index contributed by atoms with van der Waals surface area (Å²) in [6.45, 7) is 9.06. The number of rotatable bonds is 15. The molecule has 2 heterocycles. The maximum atomic E-state index is 13.8. The van der Waals surface area contributed by atoms with Crippen LogP contribution in [0.4, 0.5) is 0 Å². The van der Waals surface area contributed by atoms with E-state index in [1.807, 2.05) is 17.9 Å². The van der Waals surface area contributed by atoms with E-state index in [9.17, 15) is 27.6 Å². The van der Waals surface area contributed by atoms with E-state index in [0.29, 0.717) is 55.6 Å². The van der Waals surface area contributed by atoms with Crippen LogP contribution in [0.25, 0.3) is 0 Å². The molecule has 1 aliphatic heterocycles. The molecule has 3 aromatic rings. The number of hydrogen-bond acceptors (Lipinski definition) is 10.